The highest BCUT2D eigenvalue weighted by Crippen LogP contribution is 2.43. The molecule has 1 aliphatic carbocycles. The maximum atomic E-state index is 13.9. The molecular formula is C25H22F4N2OS. The van der Waals surface area contributed by atoms with Crippen LogP contribution in [0.5, 0.6) is 0 Å². The zero-order valence-corrected chi connectivity index (χ0v) is 18.8. The quantitative estimate of drug-likeness (QED) is 0.328. The standard InChI is InChI=1S/C25H22F4N2OS/c1-14-23(33-24(31-14)17-5-7-18(8-6-17)25(27,28)29)22(11-26)32-13-15-2-9-19(21-12-30-21)20(10-15)16-3-4-16/h2,5-10,16,22H,3-4,11-13H2,1H3. The highest BCUT2D eigenvalue weighted by Gasteiger charge is 2.31. The Morgan fingerprint density at radius 3 is 2.45 bits per heavy atom. The number of alkyl halides is 4. The summed E-state index contributed by atoms with van der Waals surface area (Å²) in [5.41, 5.74) is 5.15. The highest BCUT2D eigenvalue weighted by molar-refractivity contribution is 7.15. The van der Waals surface area contributed by atoms with Crippen LogP contribution in [0, 0.1) is 6.92 Å². The van der Waals surface area contributed by atoms with Crippen molar-refractivity contribution >= 4 is 17.0 Å². The lowest BCUT2D eigenvalue weighted by Crippen LogP contribution is -2.07. The molecule has 1 saturated carbocycles. The number of nitrogens with zero attached hydrogens (tertiary/aromatic N) is 2. The molecule has 3 aromatic rings. The number of hydrogen-bond donors (Lipinski definition) is 0. The monoisotopic (exact) mass is 474 g/mol. The average molecular weight is 475 g/mol. The first kappa shape index (κ1) is 22.2. The normalized spacial score (nSPS) is 16.6. The summed E-state index contributed by atoms with van der Waals surface area (Å²) in [5, 5.41) is 0.545. The van der Waals surface area contributed by atoms with Gasteiger partial charge in [0.15, 0.2) is 0 Å². The predicted molar refractivity (Wildman–Crippen MR) is 121 cm³/mol. The van der Waals surface area contributed by atoms with Crippen molar-refractivity contribution in [1.82, 2.24) is 4.98 Å². The van der Waals surface area contributed by atoms with Crippen LogP contribution < -0.4 is 0 Å². The topological polar surface area (TPSA) is 34.5 Å². The van der Waals surface area contributed by atoms with Gasteiger partial charge < -0.3 is 4.74 Å². The van der Waals surface area contributed by atoms with Crippen LogP contribution in [0.25, 0.3) is 10.6 Å². The van der Waals surface area contributed by atoms with Crippen LogP contribution in [0.15, 0.2) is 47.5 Å². The fraction of sp³-hybridized carbons (Fsp3) is 0.360. The first-order valence-electron chi connectivity index (χ1n) is 10.8. The SMILES string of the molecule is Cc1nc(-c2ccc(C(F)(F)F)cc2)sc1C(CF)OCc1ccc(C2=NC2)c(C2CC2)c1. The van der Waals surface area contributed by atoms with Crippen molar-refractivity contribution in [2.45, 2.75) is 44.6 Å². The van der Waals surface area contributed by atoms with E-state index >= 15 is 0 Å². The van der Waals surface area contributed by atoms with E-state index in [9.17, 15) is 17.6 Å². The summed E-state index contributed by atoms with van der Waals surface area (Å²) in [7, 11) is 0. The van der Waals surface area contributed by atoms with E-state index in [0.29, 0.717) is 27.1 Å². The molecule has 2 aromatic carbocycles. The number of benzene rings is 2. The molecule has 0 amide bonds. The minimum Gasteiger partial charge on any atom is -0.365 e. The average Bonchev–Trinajstić information content (AvgIpc) is 3.72. The van der Waals surface area contributed by atoms with Gasteiger partial charge in [-0.1, -0.05) is 30.3 Å². The first-order valence-corrected chi connectivity index (χ1v) is 11.6. The minimum absolute atomic E-state index is 0.272. The van der Waals surface area contributed by atoms with Crippen LogP contribution in [0.1, 0.15) is 57.7 Å². The molecule has 2 heterocycles. The molecule has 1 fully saturated rings. The Morgan fingerprint density at radius 1 is 1.12 bits per heavy atom. The second-order valence-corrected chi connectivity index (χ2v) is 9.49. The van der Waals surface area contributed by atoms with Gasteiger partial charge in [0, 0.05) is 11.1 Å². The lowest BCUT2D eigenvalue weighted by atomic mass is 9.98. The van der Waals surface area contributed by atoms with E-state index in [4.69, 9.17) is 4.74 Å². The molecule has 33 heavy (non-hydrogen) atoms. The van der Waals surface area contributed by atoms with Crippen molar-refractivity contribution in [3.05, 3.63) is 75.3 Å². The number of rotatable bonds is 8. The van der Waals surface area contributed by atoms with E-state index in [1.54, 1.807) is 6.92 Å². The van der Waals surface area contributed by atoms with Crippen molar-refractivity contribution in [3.8, 4) is 10.6 Å². The van der Waals surface area contributed by atoms with Gasteiger partial charge in [0.1, 0.15) is 17.8 Å². The van der Waals surface area contributed by atoms with E-state index in [1.807, 2.05) is 6.07 Å². The lowest BCUT2D eigenvalue weighted by molar-refractivity contribution is -0.137. The highest BCUT2D eigenvalue weighted by atomic mass is 32.1. The van der Waals surface area contributed by atoms with E-state index in [2.05, 4.69) is 22.1 Å². The Bertz CT molecular complexity index is 1200. The van der Waals surface area contributed by atoms with Gasteiger partial charge in [-0.05, 0) is 48.9 Å². The van der Waals surface area contributed by atoms with Gasteiger partial charge in [0.2, 0.25) is 0 Å². The fourth-order valence-electron chi connectivity index (χ4n) is 3.93. The van der Waals surface area contributed by atoms with E-state index < -0.39 is 24.5 Å². The fourth-order valence-corrected chi connectivity index (χ4v) is 5.03. The molecule has 0 bridgehead atoms. The number of hydrogen-bond acceptors (Lipinski definition) is 4. The Labute approximate surface area is 193 Å². The maximum absolute atomic E-state index is 13.9. The largest absolute Gasteiger partial charge is 0.416 e. The zero-order valence-electron chi connectivity index (χ0n) is 18.0. The molecular weight excluding hydrogens is 452 g/mol. The van der Waals surface area contributed by atoms with Crippen LogP contribution >= 0.6 is 11.3 Å². The third-order valence-electron chi connectivity index (χ3n) is 5.94. The summed E-state index contributed by atoms with van der Waals surface area (Å²) in [6, 6.07) is 11.1. The number of aliphatic imine (C=N–C) groups is 1. The molecule has 1 atom stereocenters. The van der Waals surface area contributed by atoms with E-state index in [0.717, 1.165) is 30.0 Å². The summed E-state index contributed by atoms with van der Waals surface area (Å²) in [4.78, 5) is 9.44. The molecule has 0 radical (unpaired) electrons. The maximum Gasteiger partial charge on any atom is 0.416 e. The van der Waals surface area contributed by atoms with Crippen LogP contribution in [0.2, 0.25) is 0 Å². The van der Waals surface area contributed by atoms with E-state index in [-0.39, 0.29) is 6.61 Å². The minimum atomic E-state index is -4.39. The molecule has 2 aliphatic rings. The molecule has 172 valence electrons. The van der Waals surface area contributed by atoms with Crippen LogP contribution in [-0.2, 0) is 17.5 Å². The molecule has 1 aliphatic heterocycles. The van der Waals surface area contributed by atoms with E-state index in [1.165, 1.54) is 47.4 Å². The molecule has 0 spiro atoms. The molecule has 5 rings (SSSR count). The Hall–Kier alpha value is -2.58. The third-order valence-corrected chi connectivity index (χ3v) is 7.23. The van der Waals surface area contributed by atoms with Gasteiger partial charge >= 0.3 is 6.18 Å². The smallest absolute Gasteiger partial charge is 0.365 e. The summed E-state index contributed by atoms with van der Waals surface area (Å²) in [6.07, 6.45) is -2.79. The van der Waals surface area contributed by atoms with Crippen LogP contribution in [0.4, 0.5) is 17.6 Å². The number of aryl methyl sites for hydroxylation is 1. The van der Waals surface area contributed by atoms with Crippen molar-refractivity contribution in [3.63, 3.8) is 0 Å². The Morgan fingerprint density at radius 2 is 1.85 bits per heavy atom. The predicted octanol–water partition coefficient (Wildman–Crippen LogP) is 7.04. The van der Waals surface area contributed by atoms with Crippen LogP contribution in [-0.4, -0.2) is 23.9 Å². The van der Waals surface area contributed by atoms with Crippen molar-refractivity contribution in [2.24, 2.45) is 4.99 Å². The molecule has 1 aromatic heterocycles. The van der Waals surface area contributed by atoms with Gasteiger partial charge in [-0.15, -0.1) is 11.3 Å². The Kier molecular flexibility index (Phi) is 5.82. The van der Waals surface area contributed by atoms with Gasteiger partial charge in [0.25, 0.3) is 0 Å². The van der Waals surface area contributed by atoms with Gasteiger partial charge in [-0.25, -0.2) is 9.37 Å². The second kappa shape index (κ2) is 8.65. The Balaban J connectivity index is 1.31. The molecule has 3 nitrogen and oxygen atoms in total. The summed E-state index contributed by atoms with van der Waals surface area (Å²) < 4.78 is 58.4. The van der Waals surface area contributed by atoms with Gasteiger partial charge in [-0.3, -0.25) is 4.99 Å². The molecule has 1 unspecified atom stereocenters. The lowest BCUT2D eigenvalue weighted by Gasteiger charge is -2.15. The summed E-state index contributed by atoms with van der Waals surface area (Å²) >= 11 is 1.25. The number of ether oxygens (including phenoxy) is 1. The van der Waals surface area contributed by atoms with Crippen LogP contribution in [0.3, 0.4) is 0 Å². The number of halogens is 4. The molecule has 0 N–H and O–H groups in total. The number of thiazole rings is 1. The molecule has 0 saturated heterocycles. The van der Waals surface area contributed by atoms with Gasteiger partial charge in [-0.2, -0.15) is 13.2 Å². The first-order chi connectivity index (χ1) is 15.8. The zero-order chi connectivity index (χ0) is 23.2. The van der Waals surface area contributed by atoms with Crippen molar-refractivity contribution in [1.29, 1.82) is 0 Å². The van der Waals surface area contributed by atoms with Crippen molar-refractivity contribution < 1.29 is 22.3 Å². The number of aromatic nitrogens is 1. The second-order valence-electron chi connectivity index (χ2n) is 8.46. The van der Waals surface area contributed by atoms with Crippen molar-refractivity contribution in [2.75, 3.05) is 13.2 Å². The summed E-state index contributed by atoms with van der Waals surface area (Å²) in [6.45, 7) is 2.14. The third kappa shape index (κ3) is 4.87. The molecule has 8 heteroatoms. The van der Waals surface area contributed by atoms with Gasteiger partial charge in [0.05, 0.1) is 35.0 Å². The summed E-state index contributed by atoms with van der Waals surface area (Å²) in [5.74, 6) is 0.579.